The molecule has 33 heavy (non-hydrogen) atoms. The lowest BCUT2D eigenvalue weighted by Crippen LogP contribution is -2.33. The monoisotopic (exact) mass is 489 g/mol. The average molecular weight is 490 g/mol. The third kappa shape index (κ3) is 6.31. The first-order chi connectivity index (χ1) is 15.7. The van der Waals surface area contributed by atoms with Crippen LogP contribution in [0.15, 0.2) is 77.7 Å². The number of hydrogen-bond donors (Lipinski definition) is 1. The van der Waals surface area contributed by atoms with E-state index in [0.29, 0.717) is 18.8 Å². The van der Waals surface area contributed by atoms with Gasteiger partial charge in [0.15, 0.2) is 0 Å². The first-order valence-electron chi connectivity index (χ1n) is 10.2. The molecule has 0 aliphatic carbocycles. The van der Waals surface area contributed by atoms with Gasteiger partial charge in [-0.2, -0.15) is 0 Å². The van der Waals surface area contributed by atoms with Gasteiger partial charge >= 0.3 is 0 Å². The predicted molar refractivity (Wildman–Crippen MR) is 129 cm³/mol. The summed E-state index contributed by atoms with van der Waals surface area (Å²) in [6.07, 6.45) is 0. The van der Waals surface area contributed by atoms with Crippen molar-refractivity contribution >= 4 is 33.2 Å². The van der Waals surface area contributed by atoms with Crippen molar-refractivity contribution in [3.63, 3.8) is 0 Å². The first kappa shape index (κ1) is 24.7. The van der Waals surface area contributed by atoms with Crippen molar-refractivity contribution in [3.8, 4) is 0 Å². The van der Waals surface area contributed by atoms with Gasteiger partial charge in [-0.1, -0.05) is 41.9 Å². The summed E-state index contributed by atoms with van der Waals surface area (Å²) < 4.78 is 40.3. The Kier molecular flexibility index (Phi) is 8.07. The standard InChI is InChI=1S/C24H25ClFN3O3S/c1-28(17-18-6-4-3-5-7-18)15-14-27-24(30)22-16-21(12-13-23(22)25)33(31,32)29(2)20-10-8-19(26)9-11-20/h3-13,16H,14-15,17H2,1-2H3,(H,27,30). The third-order valence-electron chi connectivity index (χ3n) is 5.11. The van der Waals surface area contributed by atoms with Crippen LogP contribution in [-0.2, 0) is 16.6 Å². The van der Waals surface area contributed by atoms with Crippen molar-refractivity contribution in [1.29, 1.82) is 0 Å². The summed E-state index contributed by atoms with van der Waals surface area (Å²) in [5.74, 6) is -0.931. The molecule has 3 aromatic carbocycles. The van der Waals surface area contributed by atoms with Crippen LogP contribution in [0.5, 0.6) is 0 Å². The number of rotatable bonds is 9. The molecule has 3 rings (SSSR count). The van der Waals surface area contributed by atoms with E-state index in [2.05, 4.69) is 10.2 Å². The van der Waals surface area contributed by atoms with Gasteiger partial charge in [0.2, 0.25) is 0 Å². The summed E-state index contributed by atoms with van der Waals surface area (Å²) in [7, 11) is -0.673. The number of hydrogen-bond acceptors (Lipinski definition) is 4. The molecule has 174 valence electrons. The van der Waals surface area contributed by atoms with Crippen LogP contribution in [0, 0.1) is 5.82 Å². The number of carbonyl (C=O) groups excluding carboxylic acids is 1. The molecule has 0 aliphatic rings. The largest absolute Gasteiger partial charge is 0.351 e. The van der Waals surface area contributed by atoms with E-state index in [-0.39, 0.29) is 15.5 Å². The molecule has 0 spiro atoms. The maximum absolute atomic E-state index is 13.2. The minimum atomic E-state index is -3.98. The number of anilines is 1. The number of amides is 1. The number of likely N-dealkylation sites (N-methyl/N-ethyl adjacent to an activating group) is 1. The Morgan fingerprint density at radius 1 is 1.00 bits per heavy atom. The van der Waals surface area contributed by atoms with Crippen molar-refractivity contribution in [2.24, 2.45) is 0 Å². The van der Waals surface area contributed by atoms with E-state index >= 15 is 0 Å². The van der Waals surface area contributed by atoms with Crippen molar-refractivity contribution in [2.45, 2.75) is 11.4 Å². The van der Waals surface area contributed by atoms with E-state index < -0.39 is 21.7 Å². The molecule has 1 N–H and O–H groups in total. The van der Waals surface area contributed by atoms with Gasteiger partial charge < -0.3 is 10.2 Å². The van der Waals surface area contributed by atoms with Gasteiger partial charge in [-0.05, 0) is 55.1 Å². The molecular weight excluding hydrogens is 465 g/mol. The average Bonchev–Trinajstić information content (AvgIpc) is 2.79. The Labute approximate surface area is 198 Å². The zero-order valence-electron chi connectivity index (χ0n) is 18.3. The van der Waals surface area contributed by atoms with Crippen LogP contribution in [0.4, 0.5) is 10.1 Å². The Morgan fingerprint density at radius 2 is 1.67 bits per heavy atom. The van der Waals surface area contributed by atoms with Crippen molar-refractivity contribution in [3.05, 3.63) is 94.8 Å². The van der Waals surface area contributed by atoms with E-state index in [1.54, 1.807) is 0 Å². The number of halogens is 2. The van der Waals surface area contributed by atoms with Crippen molar-refractivity contribution < 1.29 is 17.6 Å². The molecule has 0 heterocycles. The lowest BCUT2D eigenvalue weighted by Gasteiger charge is -2.20. The minimum Gasteiger partial charge on any atom is -0.351 e. The Bertz CT molecular complexity index is 1210. The molecule has 0 atom stereocenters. The van der Waals surface area contributed by atoms with Crippen LogP contribution in [0.3, 0.4) is 0 Å². The van der Waals surface area contributed by atoms with Crippen molar-refractivity contribution in [1.82, 2.24) is 10.2 Å². The van der Waals surface area contributed by atoms with Gasteiger partial charge in [-0.3, -0.25) is 9.10 Å². The first-order valence-corrected chi connectivity index (χ1v) is 12.0. The summed E-state index contributed by atoms with van der Waals surface area (Å²) in [6.45, 7) is 1.70. The highest BCUT2D eigenvalue weighted by atomic mass is 35.5. The molecule has 1 amide bonds. The number of nitrogens with zero attached hydrogens (tertiary/aromatic N) is 2. The second-order valence-electron chi connectivity index (χ2n) is 7.57. The third-order valence-corrected chi connectivity index (χ3v) is 7.22. The second-order valence-corrected chi connectivity index (χ2v) is 9.95. The lowest BCUT2D eigenvalue weighted by atomic mass is 10.2. The highest BCUT2D eigenvalue weighted by Crippen LogP contribution is 2.26. The van der Waals surface area contributed by atoms with Crippen LogP contribution in [0.2, 0.25) is 5.02 Å². The fraction of sp³-hybridized carbons (Fsp3) is 0.208. The van der Waals surface area contributed by atoms with E-state index in [9.17, 15) is 17.6 Å². The van der Waals surface area contributed by atoms with Gasteiger partial charge in [-0.25, -0.2) is 12.8 Å². The Balaban J connectivity index is 1.67. The summed E-state index contributed by atoms with van der Waals surface area (Å²) >= 11 is 6.18. The number of nitrogens with one attached hydrogen (secondary N) is 1. The lowest BCUT2D eigenvalue weighted by molar-refractivity contribution is 0.0949. The number of benzene rings is 3. The zero-order chi connectivity index (χ0) is 24.0. The predicted octanol–water partition coefficient (Wildman–Crippen LogP) is 4.17. The van der Waals surface area contributed by atoms with Gasteiger partial charge in [0, 0.05) is 26.7 Å². The van der Waals surface area contributed by atoms with Crippen molar-refractivity contribution in [2.75, 3.05) is 31.5 Å². The second kappa shape index (κ2) is 10.8. The smallest absolute Gasteiger partial charge is 0.264 e. The van der Waals surface area contributed by atoms with E-state index in [1.807, 2.05) is 37.4 Å². The fourth-order valence-electron chi connectivity index (χ4n) is 3.22. The van der Waals surface area contributed by atoms with E-state index in [1.165, 1.54) is 49.5 Å². The molecule has 0 radical (unpaired) electrons. The molecule has 3 aromatic rings. The van der Waals surface area contributed by atoms with Gasteiger partial charge in [0.1, 0.15) is 5.82 Å². The Morgan fingerprint density at radius 3 is 2.33 bits per heavy atom. The molecule has 6 nitrogen and oxygen atoms in total. The highest BCUT2D eigenvalue weighted by Gasteiger charge is 2.24. The van der Waals surface area contributed by atoms with Crippen LogP contribution in [0.1, 0.15) is 15.9 Å². The molecule has 0 saturated heterocycles. The SMILES string of the molecule is CN(CCNC(=O)c1cc(S(=O)(=O)N(C)c2ccc(F)cc2)ccc1Cl)Cc1ccccc1. The van der Waals surface area contributed by atoms with Crippen LogP contribution in [0.25, 0.3) is 0 Å². The summed E-state index contributed by atoms with van der Waals surface area (Å²) in [5.41, 5.74) is 1.52. The minimum absolute atomic E-state index is 0.0657. The molecule has 0 unspecified atom stereocenters. The molecule has 0 saturated carbocycles. The topological polar surface area (TPSA) is 69.7 Å². The van der Waals surface area contributed by atoms with Crippen LogP contribution < -0.4 is 9.62 Å². The molecule has 0 aromatic heterocycles. The van der Waals surface area contributed by atoms with Gasteiger partial charge in [-0.15, -0.1) is 0 Å². The van der Waals surface area contributed by atoms with E-state index in [0.717, 1.165) is 16.4 Å². The highest BCUT2D eigenvalue weighted by molar-refractivity contribution is 7.92. The summed E-state index contributed by atoms with van der Waals surface area (Å²) in [5, 5.41) is 2.93. The number of sulfonamides is 1. The van der Waals surface area contributed by atoms with Gasteiger partial charge in [0.05, 0.1) is 21.2 Å². The fourth-order valence-corrected chi connectivity index (χ4v) is 4.64. The Hall–Kier alpha value is -2.94. The molecule has 0 aliphatic heterocycles. The normalized spacial score (nSPS) is 11.4. The summed E-state index contributed by atoms with van der Waals surface area (Å²) in [4.78, 5) is 14.7. The molecule has 0 bridgehead atoms. The number of carbonyl (C=O) groups is 1. The van der Waals surface area contributed by atoms with Crippen LogP contribution >= 0.6 is 11.6 Å². The van der Waals surface area contributed by atoms with E-state index in [4.69, 9.17) is 11.6 Å². The maximum atomic E-state index is 13.2. The maximum Gasteiger partial charge on any atom is 0.264 e. The van der Waals surface area contributed by atoms with Gasteiger partial charge in [0.25, 0.3) is 15.9 Å². The molecular formula is C24H25ClFN3O3S. The molecule has 0 fully saturated rings. The summed E-state index contributed by atoms with van der Waals surface area (Å²) in [6, 6.07) is 19.0. The van der Waals surface area contributed by atoms with Crippen LogP contribution in [-0.4, -0.2) is 46.4 Å². The molecule has 9 heteroatoms. The zero-order valence-corrected chi connectivity index (χ0v) is 19.9. The quantitative estimate of drug-likeness (QED) is 0.490.